The standard InChI is InChI=1S/C20H24N2O4S/c1-4-11-21-20(23)18-13-22(16-7-5-6-8-17(16)26-18)27(24,25)19-12-14(2)9-10-15(19)3/h5-10,12,18H,4,11,13H2,1-3H3,(H,21,23). The second kappa shape index (κ2) is 7.60. The number of hydrogen-bond donors (Lipinski definition) is 1. The molecule has 0 aliphatic carbocycles. The normalized spacial score (nSPS) is 16.4. The molecule has 144 valence electrons. The summed E-state index contributed by atoms with van der Waals surface area (Å²) in [4.78, 5) is 12.7. The van der Waals surface area contributed by atoms with E-state index >= 15 is 0 Å². The minimum Gasteiger partial charge on any atom is -0.476 e. The lowest BCUT2D eigenvalue weighted by Gasteiger charge is -2.35. The zero-order valence-corrected chi connectivity index (χ0v) is 16.5. The fourth-order valence-corrected chi connectivity index (χ4v) is 4.82. The van der Waals surface area contributed by atoms with Gasteiger partial charge >= 0.3 is 0 Å². The van der Waals surface area contributed by atoms with Gasteiger partial charge in [0.1, 0.15) is 5.75 Å². The van der Waals surface area contributed by atoms with Gasteiger partial charge in [-0.05, 0) is 49.6 Å². The van der Waals surface area contributed by atoms with E-state index < -0.39 is 16.1 Å². The van der Waals surface area contributed by atoms with Crippen LogP contribution in [0.2, 0.25) is 0 Å². The molecule has 1 amide bonds. The predicted molar refractivity (Wildman–Crippen MR) is 105 cm³/mol. The van der Waals surface area contributed by atoms with E-state index in [1.54, 1.807) is 43.3 Å². The number of para-hydroxylation sites is 2. The number of aryl methyl sites for hydroxylation is 2. The SMILES string of the molecule is CCCNC(=O)C1CN(S(=O)(=O)c2cc(C)ccc2C)c2ccccc2O1. The van der Waals surface area contributed by atoms with Crippen LogP contribution in [0.1, 0.15) is 24.5 Å². The van der Waals surface area contributed by atoms with Crippen LogP contribution < -0.4 is 14.4 Å². The third kappa shape index (κ3) is 3.78. The van der Waals surface area contributed by atoms with Crippen molar-refractivity contribution in [3.63, 3.8) is 0 Å². The van der Waals surface area contributed by atoms with Crippen molar-refractivity contribution in [1.29, 1.82) is 0 Å². The van der Waals surface area contributed by atoms with Gasteiger partial charge in [0.15, 0.2) is 6.10 Å². The summed E-state index contributed by atoms with van der Waals surface area (Å²) in [6.45, 7) is 6.03. The number of carbonyl (C=O) groups is 1. The number of ether oxygens (including phenoxy) is 1. The first-order valence-electron chi connectivity index (χ1n) is 8.98. The molecule has 2 aromatic carbocycles. The van der Waals surface area contributed by atoms with Crippen molar-refractivity contribution in [2.24, 2.45) is 0 Å². The van der Waals surface area contributed by atoms with Crippen LogP contribution in [-0.2, 0) is 14.8 Å². The minimum atomic E-state index is -3.84. The van der Waals surface area contributed by atoms with E-state index in [0.717, 1.165) is 12.0 Å². The zero-order chi connectivity index (χ0) is 19.6. The fourth-order valence-electron chi connectivity index (χ4n) is 3.03. The van der Waals surface area contributed by atoms with Gasteiger partial charge in [-0.3, -0.25) is 9.10 Å². The van der Waals surface area contributed by atoms with E-state index in [1.165, 1.54) is 4.31 Å². The topological polar surface area (TPSA) is 75.7 Å². The summed E-state index contributed by atoms with van der Waals surface area (Å²) in [6, 6.07) is 12.2. The summed E-state index contributed by atoms with van der Waals surface area (Å²) >= 11 is 0. The molecule has 7 heteroatoms. The highest BCUT2D eigenvalue weighted by Gasteiger charge is 2.37. The first-order chi connectivity index (χ1) is 12.8. The van der Waals surface area contributed by atoms with Gasteiger partial charge in [0.25, 0.3) is 15.9 Å². The minimum absolute atomic E-state index is 0.0672. The molecular weight excluding hydrogens is 364 g/mol. The molecule has 1 N–H and O–H groups in total. The van der Waals surface area contributed by atoms with Crippen LogP contribution in [-0.4, -0.2) is 33.5 Å². The molecule has 2 aromatic rings. The number of nitrogens with zero attached hydrogens (tertiary/aromatic N) is 1. The summed E-state index contributed by atoms with van der Waals surface area (Å²) in [6.07, 6.45) is -0.106. The van der Waals surface area contributed by atoms with Gasteiger partial charge in [-0.1, -0.05) is 31.2 Å². The molecule has 0 aromatic heterocycles. The maximum absolute atomic E-state index is 13.4. The van der Waals surface area contributed by atoms with E-state index in [1.807, 2.05) is 19.9 Å². The van der Waals surface area contributed by atoms with E-state index in [2.05, 4.69) is 5.32 Å². The van der Waals surface area contributed by atoms with Gasteiger partial charge in [0.05, 0.1) is 17.1 Å². The van der Waals surface area contributed by atoms with Crippen LogP contribution in [0.15, 0.2) is 47.4 Å². The second-order valence-corrected chi connectivity index (χ2v) is 8.50. The molecule has 1 unspecified atom stereocenters. The summed E-state index contributed by atoms with van der Waals surface area (Å²) in [5.74, 6) is 0.0711. The molecule has 0 saturated carbocycles. The second-order valence-electron chi connectivity index (χ2n) is 6.67. The van der Waals surface area contributed by atoms with E-state index in [9.17, 15) is 13.2 Å². The zero-order valence-electron chi connectivity index (χ0n) is 15.7. The van der Waals surface area contributed by atoms with Crippen molar-refractivity contribution in [2.45, 2.75) is 38.2 Å². The maximum atomic E-state index is 13.4. The number of rotatable bonds is 5. The molecular formula is C20H24N2O4S. The molecule has 0 radical (unpaired) electrons. The summed E-state index contributed by atoms with van der Waals surface area (Å²) < 4.78 is 34.0. The Labute approximate surface area is 160 Å². The number of anilines is 1. The number of fused-ring (bicyclic) bond motifs is 1. The Morgan fingerprint density at radius 3 is 2.70 bits per heavy atom. The molecule has 27 heavy (non-hydrogen) atoms. The van der Waals surface area contributed by atoms with Gasteiger partial charge in [0.2, 0.25) is 0 Å². The van der Waals surface area contributed by atoms with Gasteiger partial charge in [-0.2, -0.15) is 0 Å². The van der Waals surface area contributed by atoms with Crippen LogP contribution in [0, 0.1) is 13.8 Å². The number of sulfonamides is 1. The molecule has 1 aliphatic heterocycles. The third-order valence-electron chi connectivity index (χ3n) is 4.49. The lowest BCUT2D eigenvalue weighted by Crippen LogP contribution is -2.50. The molecule has 0 fully saturated rings. The predicted octanol–water partition coefficient (Wildman–Crippen LogP) is 2.79. The molecule has 3 rings (SSSR count). The van der Waals surface area contributed by atoms with Crippen LogP contribution >= 0.6 is 0 Å². The number of hydrogen-bond acceptors (Lipinski definition) is 4. The summed E-state index contributed by atoms with van der Waals surface area (Å²) in [5, 5.41) is 2.78. The first kappa shape index (κ1) is 19.2. The van der Waals surface area contributed by atoms with E-state index in [0.29, 0.717) is 23.5 Å². The van der Waals surface area contributed by atoms with Crippen molar-refractivity contribution in [1.82, 2.24) is 5.32 Å². The molecule has 1 atom stereocenters. The largest absolute Gasteiger partial charge is 0.476 e. The Bertz CT molecular complexity index is 956. The van der Waals surface area contributed by atoms with Crippen molar-refractivity contribution >= 4 is 21.6 Å². The van der Waals surface area contributed by atoms with Crippen molar-refractivity contribution < 1.29 is 17.9 Å². The Morgan fingerprint density at radius 1 is 1.22 bits per heavy atom. The third-order valence-corrected chi connectivity index (χ3v) is 6.41. The summed E-state index contributed by atoms with van der Waals surface area (Å²) in [7, 11) is -3.84. The molecule has 0 spiro atoms. The van der Waals surface area contributed by atoms with Crippen LogP contribution in [0.4, 0.5) is 5.69 Å². The fraction of sp³-hybridized carbons (Fsp3) is 0.350. The molecule has 1 aliphatic rings. The highest BCUT2D eigenvalue weighted by atomic mass is 32.2. The van der Waals surface area contributed by atoms with E-state index in [4.69, 9.17) is 4.74 Å². The first-order valence-corrected chi connectivity index (χ1v) is 10.4. The van der Waals surface area contributed by atoms with Gasteiger partial charge in [-0.25, -0.2) is 8.42 Å². The number of carbonyl (C=O) groups excluding carboxylic acids is 1. The molecule has 0 saturated heterocycles. The van der Waals surface area contributed by atoms with Gasteiger partial charge in [-0.15, -0.1) is 0 Å². The van der Waals surface area contributed by atoms with Crippen LogP contribution in [0.5, 0.6) is 5.75 Å². The Kier molecular flexibility index (Phi) is 5.41. The van der Waals surface area contributed by atoms with Gasteiger partial charge < -0.3 is 10.1 Å². The molecule has 0 bridgehead atoms. The highest BCUT2D eigenvalue weighted by molar-refractivity contribution is 7.93. The van der Waals surface area contributed by atoms with Crippen LogP contribution in [0.3, 0.4) is 0 Å². The highest BCUT2D eigenvalue weighted by Crippen LogP contribution is 2.37. The monoisotopic (exact) mass is 388 g/mol. The Hall–Kier alpha value is -2.54. The number of benzene rings is 2. The van der Waals surface area contributed by atoms with Gasteiger partial charge in [0, 0.05) is 6.54 Å². The van der Waals surface area contributed by atoms with Crippen molar-refractivity contribution in [3.8, 4) is 5.75 Å². The quantitative estimate of drug-likeness (QED) is 0.855. The van der Waals surface area contributed by atoms with E-state index in [-0.39, 0.29) is 17.3 Å². The van der Waals surface area contributed by atoms with Crippen molar-refractivity contribution in [3.05, 3.63) is 53.6 Å². The average molecular weight is 388 g/mol. The number of nitrogens with one attached hydrogen (secondary N) is 1. The number of amides is 1. The lowest BCUT2D eigenvalue weighted by atomic mass is 10.2. The Balaban J connectivity index is 2.04. The smallest absolute Gasteiger partial charge is 0.264 e. The average Bonchev–Trinajstić information content (AvgIpc) is 2.66. The molecule has 6 nitrogen and oxygen atoms in total. The maximum Gasteiger partial charge on any atom is 0.264 e. The molecule has 1 heterocycles. The van der Waals surface area contributed by atoms with Crippen LogP contribution in [0.25, 0.3) is 0 Å². The van der Waals surface area contributed by atoms with Crippen molar-refractivity contribution in [2.75, 3.05) is 17.4 Å². The Morgan fingerprint density at radius 2 is 1.96 bits per heavy atom. The summed E-state index contributed by atoms with van der Waals surface area (Å²) in [5.41, 5.74) is 1.97. The lowest BCUT2D eigenvalue weighted by molar-refractivity contribution is -0.127.